The van der Waals surface area contributed by atoms with Gasteiger partial charge in [0.25, 0.3) is 5.91 Å². The number of para-hydroxylation sites is 1. The molecular formula is C37H40ClN3O3. The smallest absolute Gasteiger partial charge is 0.251 e. The second-order valence-corrected chi connectivity index (χ2v) is 14.6. The van der Waals surface area contributed by atoms with Gasteiger partial charge in [-0.25, -0.2) is 0 Å². The topological polar surface area (TPSA) is 83.4 Å². The lowest BCUT2D eigenvalue weighted by molar-refractivity contribution is -0.0528. The summed E-state index contributed by atoms with van der Waals surface area (Å²) in [5.41, 5.74) is 3.37. The first-order chi connectivity index (χ1) is 21.1. The summed E-state index contributed by atoms with van der Waals surface area (Å²) in [5, 5.41) is 18.7. The fourth-order valence-corrected chi connectivity index (χ4v) is 8.56. The molecule has 3 N–H and O–H groups in total. The van der Waals surface area contributed by atoms with E-state index in [1.54, 1.807) is 12.1 Å². The van der Waals surface area contributed by atoms with E-state index in [-0.39, 0.29) is 22.9 Å². The lowest BCUT2D eigenvalue weighted by atomic mass is 9.51. The van der Waals surface area contributed by atoms with Crippen LogP contribution in [0.15, 0.2) is 83.8 Å². The molecule has 3 unspecified atom stereocenters. The highest BCUT2D eigenvalue weighted by molar-refractivity contribution is 6.31. The maximum absolute atomic E-state index is 13.5. The minimum Gasteiger partial charge on any atom is -0.389 e. The molecule has 7 heteroatoms. The quantitative estimate of drug-likeness (QED) is 0.220. The normalized spacial score (nSPS) is 25.8. The molecule has 228 valence electrons. The number of amides is 1. The molecular weight excluding hydrogens is 570 g/mol. The fourth-order valence-electron chi connectivity index (χ4n) is 8.39. The van der Waals surface area contributed by atoms with Crippen molar-refractivity contribution in [3.63, 3.8) is 0 Å². The highest BCUT2D eigenvalue weighted by atomic mass is 35.5. The molecule has 0 radical (unpaired) electrons. The number of nitrogens with zero attached hydrogens (tertiary/aromatic N) is 1. The summed E-state index contributed by atoms with van der Waals surface area (Å²) < 4.78 is 2.02. The largest absolute Gasteiger partial charge is 0.389 e. The number of fused-ring (bicyclic) bond motifs is 1. The lowest BCUT2D eigenvalue weighted by Crippen LogP contribution is -2.66. The summed E-state index contributed by atoms with van der Waals surface area (Å²) in [7, 11) is 0. The maximum Gasteiger partial charge on any atom is 0.251 e. The van der Waals surface area contributed by atoms with Crippen molar-refractivity contribution in [3.05, 3.63) is 111 Å². The van der Waals surface area contributed by atoms with Gasteiger partial charge in [-0.3, -0.25) is 9.59 Å². The minimum absolute atomic E-state index is 0.0117. The average Bonchev–Trinajstić information content (AvgIpc) is 2.99. The standard InChI is InChI=1S/C37H40ClN3O3/c1-36(2,44)22-39-37-18-24-15-26(19-37)33(27(16-24)20-37)40-35(43)25-10-8-23(9-11-25)14-28-21-41(30-6-4-3-5-7-30)32-17-29(38)12-13-31(32)34(28)42/h3-13,17,21,24,26-27,33,39,44H,14-16,18-20,22H2,1-2H3,(H,40,43)/t24?,26-,27+,33?,37?. The number of hydrogen-bond acceptors (Lipinski definition) is 4. The van der Waals surface area contributed by atoms with Gasteiger partial charge in [0.15, 0.2) is 5.43 Å². The summed E-state index contributed by atoms with van der Waals surface area (Å²) in [6, 6.07) is 23.2. The Morgan fingerprint density at radius 3 is 2.39 bits per heavy atom. The Bertz CT molecular complexity index is 1740. The molecule has 5 atom stereocenters. The Hall–Kier alpha value is -3.45. The van der Waals surface area contributed by atoms with Crippen LogP contribution in [0.3, 0.4) is 0 Å². The van der Waals surface area contributed by atoms with Crippen LogP contribution in [0.25, 0.3) is 16.6 Å². The number of carbonyl (C=O) groups is 1. The van der Waals surface area contributed by atoms with Crippen molar-refractivity contribution >= 4 is 28.4 Å². The molecule has 0 saturated heterocycles. The van der Waals surface area contributed by atoms with E-state index >= 15 is 0 Å². The van der Waals surface area contributed by atoms with Crippen LogP contribution in [-0.2, 0) is 6.42 Å². The van der Waals surface area contributed by atoms with Gasteiger partial charge in [-0.1, -0.05) is 41.9 Å². The zero-order chi connectivity index (χ0) is 30.6. The average molecular weight is 610 g/mol. The van der Waals surface area contributed by atoms with E-state index in [1.165, 1.54) is 19.3 Å². The summed E-state index contributed by atoms with van der Waals surface area (Å²) in [6.45, 7) is 4.30. The van der Waals surface area contributed by atoms with Crippen LogP contribution < -0.4 is 16.1 Å². The Labute approximate surface area is 263 Å². The van der Waals surface area contributed by atoms with Crippen molar-refractivity contribution in [3.8, 4) is 5.69 Å². The minimum atomic E-state index is -0.732. The highest BCUT2D eigenvalue weighted by Crippen LogP contribution is 2.55. The zero-order valence-electron chi connectivity index (χ0n) is 25.4. The van der Waals surface area contributed by atoms with E-state index in [4.69, 9.17) is 11.6 Å². The molecule has 1 amide bonds. The first kappa shape index (κ1) is 29.3. The second-order valence-electron chi connectivity index (χ2n) is 14.1. The van der Waals surface area contributed by atoms with Crippen molar-refractivity contribution in [1.29, 1.82) is 0 Å². The highest BCUT2D eigenvalue weighted by Gasteiger charge is 2.55. The van der Waals surface area contributed by atoms with Gasteiger partial charge in [-0.05, 0) is 112 Å². The number of pyridine rings is 1. The summed E-state index contributed by atoms with van der Waals surface area (Å²) >= 11 is 6.31. The van der Waals surface area contributed by atoms with Gasteiger partial charge < -0.3 is 20.3 Å². The van der Waals surface area contributed by atoms with Crippen LogP contribution in [0.2, 0.25) is 5.02 Å². The monoisotopic (exact) mass is 609 g/mol. The van der Waals surface area contributed by atoms with Gasteiger partial charge in [0.05, 0.1) is 11.1 Å². The van der Waals surface area contributed by atoms with Gasteiger partial charge in [0.2, 0.25) is 0 Å². The van der Waals surface area contributed by atoms with E-state index in [0.717, 1.165) is 29.6 Å². The molecule has 4 saturated carbocycles. The molecule has 8 rings (SSSR count). The first-order valence-electron chi connectivity index (χ1n) is 15.8. The molecule has 0 aliphatic heterocycles. The Balaban J connectivity index is 1.07. The third-order valence-electron chi connectivity index (χ3n) is 10.2. The Morgan fingerprint density at radius 1 is 1.00 bits per heavy atom. The summed E-state index contributed by atoms with van der Waals surface area (Å²) in [6.07, 6.45) is 8.00. The van der Waals surface area contributed by atoms with Crippen LogP contribution in [-0.4, -0.2) is 39.3 Å². The predicted molar refractivity (Wildman–Crippen MR) is 176 cm³/mol. The van der Waals surface area contributed by atoms with Gasteiger partial charge >= 0.3 is 0 Å². The number of benzene rings is 3. The van der Waals surface area contributed by atoms with E-state index < -0.39 is 5.60 Å². The number of carbonyl (C=O) groups excluding carboxylic acids is 1. The maximum atomic E-state index is 13.5. The van der Waals surface area contributed by atoms with E-state index in [2.05, 4.69) is 10.6 Å². The molecule has 4 bridgehead atoms. The fraction of sp³-hybridized carbons (Fsp3) is 0.405. The summed E-state index contributed by atoms with van der Waals surface area (Å²) in [4.78, 5) is 27.0. The zero-order valence-corrected chi connectivity index (χ0v) is 26.1. The molecule has 0 spiro atoms. The number of nitrogens with one attached hydrogen (secondary N) is 2. The Morgan fingerprint density at radius 2 is 1.70 bits per heavy atom. The van der Waals surface area contributed by atoms with Gasteiger partial charge in [0, 0.05) is 58.0 Å². The third-order valence-corrected chi connectivity index (χ3v) is 10.4. The molecule has 4 aliphatic carbocycles. The number of rotatable bonds is 8. The van der Waals surface area contributed by atoms with Crippen LogP contribution in [0.1, 0.15) is 67.4 Å². The Kier molecular flexibility index (Phi) is 7.43. The number of β-amino-alcohol motifs (C(OH)–C–C–N with tert-alkyl or cyclic N) is 1. The molecule has 4 aromatic rings. The van der Waals surface area contributed by atoms with Gasteiger partial charge in [0.1, 0.15) is 0 Å². The van der Waals surface area contributed by atoms with E-state index in [0.29, 0.717) is 52.3 Å². The van der Waals surface area contributed by atoms with Gasteiger partial charge in [-0.15, -0.1) is 0 Å². The number of aromatic nitrogens is 1. The predicted octanol–water partition coefficient (Wildman–Crippen LogP) is 6.27. The molecule has 1 heterocycles. The first-order valence-corrected chi connectivity index (χ1v) is 16.2. The van der Waals surface area contributed by atoms with Crippen molar-refractivity contribution in [2.24, 2.45) is 17.8 Å². The van der Waals surface area contributed by atoms with Crippen LogP contribution in [0, 0.1) is 17.8 Å². The number of aliphatic hydroxyl groups is 1. The SMILES string of the molecule is CC(C)(O)CNC12CC3C[C@H](C1)C(NC(=O)c1ccc(Cc4cn(-c5ccccc5)c5cc(Cl)ccc5c4=O)cc1)[C@@H](C3)C2. The third kappa shape index (κ3) is 5.71. The van der Waals surface area contributed by atoms with Crippen molar-refractivity contribution in [1.82, 2.24) is 15.2 Å². The molecule has 4 aliphatic rings. The van der Waals surface area contributed by atoms with Crippen LogP contribution in [0.4, 0.5) is 0 Å². The summed E-state index contributed by atoms with van der Waals surface area (Å²) in [5.74, 6) is 1.61. The van der Waals surface area contributed by atoms with Crippen LogP contribution in [0.5, 0.6) is 0 Å². The molecule has 6 nitrogen and oxygen atoms in total. The molecule has 44 heavy (non-hydrogen) atoms. The number of hydrogen-bond donors (Lipinski definition) is 3. The van der Waals surface area contributed by atoms with Gasteiger partial charge in [-0.2, -0.15) is 0 Å². The lowest BCUT2D eigenvalue weighted by Gasteiger charge is -2.60. The number of halogens is 1. The van der Waals surface area contributed by atoms with Crippen molar-refractivity contribution < 1.29 is 9.90 Å². The molecule has 3 aromatic carbocycles. The molecule has 4 fully saturated rings. The molecule has 1 aromatic heterocycles. The van der Waals surface area contributed by atoms with Crippen molar-refractivity contribution in [2.75, 3.05) is 6.54 Å². The van der Waals surface area contributed by atoms with Crippen LogP contribution >= 0.6 is 11.6 Å². The van der Waals surface area contributed by atoms with Crippen molar-refractivity contribution in [2.45, 2.75) is 69.6 Å². The van der Waals surface area contributed by atoms with E-state index in [9.17, 15) is 14.7 Å². The second kappa shape index (κ2) is 11.2. The van der Waals surface area contributed by atoms with E-state index in [1.807, 2.05) is 85.3 Å².